The Balaban J connectivity index is 0.00000289. The van der Waals surface area contributed by atoms with Crippen LogP contribution in [0.15, 0.2) is 24.3 Å². The van der Waals surface area contributed by atoms with E-state index in [1.807, 2.05) is 0 Å². The zero-order chi connectivity index (χ0) is 13.1. The number of benzene rings is 1. The lowest BCUT2D eigenvalue weighted by atomic mass is 9.92. The van der Waals surface area contributed by atoms with E-state index in [1.165, 1.54) is 11.1 Å². The largest absolute Gasteiger partial charge is 0.330 e. The normalized spacial score (nSPS) is 13.3. The highest BCUT2D eigenvalue weighted by Gasteiger charge is 2.21. The zero-order valence-electron chi connectivity index (χ0n) is 12.2. The summed E-state index contributed by atoms with van der Waals surface area (Å²) in [6, 6.07) is 9.16. The van der Waals surface area contributed by atoms with Crippen LogP contribution in [0.5, 0.6) is 0 Å². The Labute approximate surface area is 118 Å². The molecule has 1 unspecified atom stereocenters. The maximum absolute atomic E-state index is 5.79. The number of rotatable bonds is 5. The lowest BCUT2D eigenvalue weighted by Gasteiger charge is -2.33. The third-order valence-electron chi connectivity index (χ3n) is 3.42. The molecule has 0 spiro atoms. The van der Waals surface area contributed by atoms with Gasteiger partial charge in [0.25, 0.3) is 0 Å². The second kappa shape index (κ2) is 7.13. The molecule has 1 rings (SSSR count). The molecule has 0 aliphatic heterocycles. The van der Waals surface area contributed by atoms with Crippen molar-refractivity contribution >= 4 is 12.4 Å². The van der Waals surface area contributed by atoms with Crippen molar-refractivity contribution in [3.8, 4) is 0 Å². The number of aryl methyl sites for hydroxylation is 1. The summed E-state index contributed by atoms with van der Waals surface area (Å²) in [6.45, 7) is 10.6. The van der Waals surface area contributed by atoms with Crippen molar-refractivity contribution in [2.75, 3.05) is 20.1 Å². The molecule has 0 saturated carbocycles. The van der Waals surface area contributed by atoms with Gasteiger partial charge in [0.15, 0.2) is 0 Å². The minimum Gasteiger partial charge on any atom is -0.330 e. The predicted octanol–water partition coefficient (Wildman–Crippen LogP) is 3.39. The van der Waals surface area contributed by atoms with Crippen LogP contribution in [0.1, 0.15) is 37.9 Å². The molecule has 0 aliphatic rings. The van der Waals surface area contributed by atoms with Gasteiger partial charge in [-0.2, -0.15) is 0 Å². The molecule has 1 aromatic rings. The maximum atomic E-state index is 5.79. The average molecular weight is 271 g/mol. The van der Waals surface area contributed by atoms with E-state index < -0.39 is 0 Å². The molecule has 0 amide bonds. The van der Waals surface area contributed by atoms with Crippen molar-refractivity contribution in [1.29, 1.82) is 0 Å². The van der Waals surface area contributed by atoms with Gasteiger partial charge in [0.2, 0.25) is 0 Å². The number of halogens is 1. The highest BCUT2D eigenvalue weighted by molar-refractivity contribution is 5.85. The summed E-state index contributed by atoms with van der Waals surface area (Å²) in [4.78, 5) is 2.38. The quantitative estimate of drug-likeness (QED) is 0.889. The van der Waals surface area contributed by atoms with E-state index in [2.05, 4.69) is 63.9 Å². The van der Waals surface area contributed by atoms with Gasteiger partial charge in [-0.3, -0.25) is 4.90 Å². The van der Waals surface area contributed by atoms with E-state index >= 15 is 0 Å². The summed E-state index contributed by atoms with van der Waals surface area (Å²) in [5, 5.41) is 0. The minimum absolute atomic E-state index is 0. The molecule has 0 saturated heterocycles. The molecule has 18 heavy (non-hydrogen) atoms. The van der Waals surface area contributed by atoms with Crippen molar-refractivity contribution in [3.63, 3.8) is 0 Å². The summed E-state index contributed by atoms with van der Waals surface area (Å²) in [7, 11) is 2.17. The van der Waals surface area contributed by atoms with Crippen molar-refractivity contribution in [2.24, 2.45) is 11.1 Å². The van der Waals surface area contributed by atoms with Gasteiger partial charge < -0.3 is 5.73 Å². The summed E-state index contributed by atoms with van der Waals surface area (Å²) in [5.41, 5.74) is 8.66. The molecule has 1 aromatic carbocycles. The third-order valence-corrected chi connectivity index (χ3v) is 3.42. The van der Waals surface area contributed by atoms with Crippen LogP contribution in [0.3, 0.4) is 0 Å². The van der Waals surface area contributed by atoms with Gasteiger partial charge in [0, 0.05) is 12.6 Å². The molecule has 0 bridgehead atoms. The second-order valence-corrected chi connectivity index (χ2v) is 5.87. The number of hydrogen-bond donors (Lipinski definition) is 1. The first-order chi connectivity index (χ1) is 7.85. The fourth-order valence-corrected chi connectivity index (χ4v) is 2.06. The highest BCUT2D eigenvalue weighted by Crippen LogP contribution is 2.23. The van der Waals surface area contributed by atoms with Crippen LogP contribution in [0.25, 0.3) is 0 Å². The van der Waals surface area contributed by atoms with Gasteiger partial charge in [-0.15, -0.1) is 12.4 Å². The molecule has 0 fully saturated rings. The monoisotopic (exact) mass is 270 g/mol. The fourth-order valence-electron chi connectivity index (χ4n) is 2.06. The van der Waals surface area contributed by atoms with Crippen LogP contribution in [0.2, 0.25) is 0 Å². The van der Waals surface area contributed by atoms with E-state index in [0.29, 0.717) is 6.04 Å². The molecule has 2 N–H and O–H groups in total. The number of hydrogen-bond acceptors (Lipinski definition) is 2. The van der Waals surface area contributed by atoms with Gasteiger partial charge in [0.1, 0.15) is 0 Å². The topological polar surface area (TPSA) is 29.3 Å². The molecule has 0 radical (unpaired) electrons. The van der Waals surface area contributed by atoms with Gasteiger partial charge >= 0.3 is 0 Å². The van der Waals surface area contributed by atoms with E-state index in [1.54, 1.807) is 0 Å². The molecule has 104 valence electrons. The van der Waals surface area contributed by atoms with E-state index in [-0.39, 0.29) is 17.8 Å². The first kappa shape index (κ1) is 17.4. The Hall–Kier alpha value is -0.570. The lowest BCUT2D eigenvalue weighted by Crippen LogP contribution is -2.37. The van der Waals surface area contributed by atoms with Crippen molar-refractivity contribution < 1.29 is 0 Å². The number of nitrogens with two attached hydrogens (primary N) is 1. The van der Waals surface area contributed by atoms with Crippen LogP contribution >= 0.6 is 12.4 Å². The lowest BCUT2D eigenvalue weighted by molar-refractivity contribution is 0.174. The van der Waals surface area contributed by atoms with Crippen molar-refractivity contribution in [3.05, 3.63) is 35.4 Å². The molecule has 0 aromatic heterocycles. The Morgan fingerprint density at radius 1 is 1.33 bits per heavy atom. The second-order valence-electron chi connectivity index (χ2n) is 5.87. The first-order valence-corrected chi connectivity index (χ1v) is 6.32. The standard InChI is InChI=1S/C15H26N2.ClH/c1-12-7-6-8-14(9-12)13(2)17(5)11-15(3,4)10-16;/h6-9,13H,10-11,16H2,1-5H3;1H. The summed E-state index contributed by atoms with van der Waals surface area (Å²) < 4.78 is 0. The Kier molecular flexibility index (Phi) is 6.90. The van der Waals surface area contributed by atoms with Gasteiger partial charge in [-0.05, 0) is 38.4 Å². The molecular formula is C15H27ClN2. The average Bonchev–Trinajstić information content (AvgIpc) is 2.27. The third kappa shape index (κ3) is 4.97. The van der Waals surface area contributed by atoms with Crippen molar-refractivity contribution in [1.82, 2.24) is 4.90 Å². The Morgan fingerprint density at radius 3 is 2.44 bits per heavy atom. The molecule has 1 atom stereocenters. The molecular weight excluding hydrogens is 244 g/mol. The highest BCUT2D eigenvalue weighted by atomic mass is 35.5. The zero-order valence-corrected chi connectivity index (χ0v) is 13.1. The van der Waals surface area contributed by atoms with Crippen LogP contribution in [-0.4, -0.2) is 25.0 Å². The van der Waals surface area contributed by atoms with Gasteiger partial charge in [0.05, 0.1) is 0 Å². The predicted molar refractivity (Wildman–Crippen MR) is 82.3 cm³/mol. The van der Waals surface area contributed by atoms with E-state index in [0.717, 1.165) is 13.1 Å². The van der Waals surface area contributed by atoms with E-state index in [9.17, 15) is 0 Å². The Bertz CT molecular complexity index is 363. The summed E-state index contributed by atoms with van der Waals surface area (Å²) >= 11 is 0. The van der Waals surface area contributed by atoms with E-state index in [4.69, 9.17) is 5.73 Å². The summed E-state index contributed by atoms with van der Waals surface area (Å²) in [6.07, 6.45) is 0. The van der Waals surface area contributed by atoms with Crippen LogP contribution in [-0.2, 0) is 0 Å². The van der Waals surface area contributed by atoms with Gasteiger partial charge in [-0.1, -0.05) is 43.7 Å². The minimum atomic E-state index is 0. The van der Waals surface area contributed by atoms with Crippen molar-refractivity contribution in [2.45, 2.75) is 33.7 Å². The van der Waals surface area contributed by atoms with Gasteiger partial charge in [-0.25, -0.2) is 0 Å². The van der Waals surface area contributed by atoms with Crippen LogP contribution in [0.4, 0.5) is 0 Å². The Morgan fingerprint density at radius 2 is 1.94 bits per heavy atom. The summed E-state index contributed by atoms with van der Waals surface area (Å²) in [5.74, 6) is 0. The SMILES string of the molecule is Cc1cccc(C(C)N(C)CC(C)(C)CN)c1.Cl. The molecule has 0 heterocycles. The molecule has 0 aliphatic carbocycles. The molecule has 3 heteroatoms. The van der Waals surface area contributed by atoms with Crippen LogP contribution < -0.4 is 5.73 Å². The molecule has 2 nitrogen and oxygen atoms in total. The van der Waals surface area contributed by atoms with Crippen LogP contribution in [0, 0.1) is 12.3 Å². The first-order valence-electron chi connectivity index (χ1n) is 6.32. The number of nitrogens with zero attached hydrogens (tertiary/aromatic N) is 1. The maximum Gasteiger partial charge on any atom is 0.0317 e. The fraction of sp³-hybridized carbons (Fsp3) is 0.600. The smallest absolute Gasteiger partial charge is 0.0317 e.